The summed E-state index contributed by atoms with van der Waals surface area (Å²) in [5.74, 6) is 0.0332. The molecule has 0 spiro atoms. The second-order valence-electron chi connectivity index (χ2n) is 5.77. The van der Waals surface area contributed by atoms with E-state index in [9.17, 15) is 9.59 Å². The van der Waals surface area contributed by atoms with Crippen LogP contribution in [0.1, 0.15) is 60.3 Å². The standard InChI is InChI=1S/C14H26N2O2/c1-6-8-10(3)16-11(9-7-2)12(17)15-14(4,5)13(16)18/h10-11H,6-9H2,1-5H3,(H,15,17). The molecule has 4 heteroatoms. The van der Waals surface area contributed by atoms with E-state index in [1.807, 2.05) is 18.7 Å². The Bertz CT molecular complexity index is 326. The second-order valence-corrected chi connectivity index (χ2v) is 5.77. The number of nitrogens with zero attached hydrogens (tertiary/aromatic N) is 1. The Morgan fingerprint density at radius 3 is 2.39 bits per heavy atom. The van der Waals surface area contributed by atoms with Crippen LogP contribution in [0.25, 0.3) is 0 Å². The van der Waals surface area contributed by atoms with Crippen molar-refractivity contribution in [3.05, 3.63) is 0 Å². The normalized spacial score (nSPS) is 24.9. The molecule has 0 aliphatic carbocycles. The topological polar surface area (TPSA) is 49.4 Å². The summed E-state index contributed by atoms with van der Waals surface area (Å²) in [6.45, 7) is 9.74. The van der Waals surface area contributed by atoms with Crippen molar-refractivity contribution in [2.45, 2.75) is 77.9 Å². The molecule has 104 valence electrons. The highest BCUT2D eigenvalue weighted by Gasteiger charge is 2.46. The van der Waals surface area contributed by atoms with E-state index in [0.29, 0.717) is 0 Å². The first-order valence-corrected chi connectivity index (χ1v) is 6.99. The van der Waals surface area contributed by atoms with Crippen molar-refractivity contribution in [1.29, 1.82) is 0 Å². The molecule has 2 atom stereocenters. The van der Waals surface area contributed by atoms with Crippen molar-refractivity contribution in [3.63, 3.8) is 0 Å². The lowest BCUT2D eigenvalue weighted by molar-refractivity contribution is -0.156. The lowest BCUT2D eigenvalue weighted by atomic mass is 9.92. The van der Waals surface area contributed by atoms with Gasteiger partial charge >= 0.3 is 0 Å². The van der Waals surface area contributed by atoms with Gasteiger partial charge in [0.15, 0.2) is 0 Å². The molecule has 0 aromatic carbocycles. The van der Waals surface area contributed by atoms with Crippen LogP contribution in [0.15, 0.2) is 0 Å². The second kappa shape index (κ2) is 5.72. The van der Waals surface area contributed by atoms with Crippen LogP contribution >= 0.6 is 0 Å². The monoisotopic (exact) mass is 254 g/mol. The maximum Gasteiger partial charge on any atom is 0.248 e. The number of nitrogens with one attached hydrogen (secondary N) is 1. The molecular formula is C14H26N2O2. The molecule has 0 aromatic rings. The fourth-order valence-electron chi connectivity index (χ4n) is 2.64. The number of hydrogen-bond acceptors (Lipinski definition) is 2. The van der Waals surface area contributed by atoms with Crippen molar-refractivity contribution < 1.29 is 9.59 Å². The molecule has 0 saturated carbocycles. The van der Waals surface area contributed by atoms with Gasteiger partial charge in [0.1, 0.15) is 11.6 Å². The zero-order valence-electron chi connectivity index (χ0n) is 12.2. The molecule has 1 aliphatic heterocycles. The Kier molecular flexibility index (Phi) is 4.77. The summed E-state index contributed by atoms with van der Waals surface area (Å²) >= 11 is 0. The van der Waals surface area contributed by atoms with Gasteiger partial charge in [-0.05, 0) is 33.6 Å². The molecule has 0 bridgehead atoms. The van der Waals surface area contributed by atoms with Crippen LogP contribution in [0.5, 0.6) is 0 Å². The molecule has 2 amide bonds. The highest BCUT2D eigenvalue weighted by atomic mass is 16.2. The van der Waals surface area contributed by atoms with Crippen LogP contribution in [-0.4, -0.2) is 34.3 Å². The van der Waals surface area contributed by atoms with Crippen molar-refractivity contribution >= 4 is 11.8 Å². The number of rotatable bonds is 5. The predicted molar refractivity (Wildman–Crippen MR) is 72.1 cm³/mol. The number of amides is 2. The lowest BCUT2D eigenvalue weighted by Crippen LogP contribution is -2.69. The van der Waals surface area contributed by atoms with Crippen molar-refractivity contribution in [1.82, 2.24) is 10.2 Å². The van der Waals surface area contributed by atoms with Crippen LogP contribution in [0, 0.1) is 0 Å². The van der Waals surface area contributed by atoms with Gasteiger partial charge in [0.05, 0.1) is 0 Å². The Balaban J connectivity index is 3.01. The van der Waals surface area contributed by atoms with Crippen molar-refractivity contribution in [3.8, 4) is 0 Å². The fourth-order valence-corrected chi connectivity index (χ4v) is 2.64. The lowest BCUT2D eigenvalue weighted by Gasteiger charge is -2.45. The van der Waals surface area contributed by atoms with Gasteiger partial charge in [-0.2, -0.15) is 0 Å². The minimum absolute atomic E-state index is 0.00981. The highest BCUT2D eigenvalue weighted by molar-refractivity contribution is 5.99. The SMILES string of the molecule is CCCC(C)N1C(=O)C(C)(C)NC(=O)C1CCC. The zero-order valence-corrected chi connectivity index (χ0v) is 12.2. The molecular weight excluding hydrogens is 228 g/mol. The Labute approximate surface area is 110 Å². The number of piperazine rings is 1. The van der Waals surface area contributed by atoms with Gasteiger partial charge in [-0.25, -0.2) is 0 Å². The van der Waals surface area contributed by atoms with Crippen LogP contribution in [0.3, 0.4) is 0 Å². The third kappa shape index (κ3) is 2.85. The van der Waals surface area contributed by atoms with Crippen LogP contribution < -0.4 is 5.32 Å². The quantitative estimate of drug-likeness (QED) is 0.816. The van der Waals surface area contributed by atoms with Crippen LogP contribution in [-0.2, 0) is 9.59 Å². The summed E-state index contributed by atoms with van der Waals surface area (Å²) in [6.07, 6.45) is 3.60. The van der Waals surface area contributed by atoms with E-state index in [4.69, 9.17) is 0 Å². The van der Waals surface area contributed by atoms with Gasteiger partial charge in [0.25, 0.3) is 0 Å². The van der Waals surface area contributed by atoms with Gasteiger partial charge in [-0.3, -0.25) is 9.59 Å². The fraction of sp³-hybridized carbons (Fsp3) is 0.857. The van der Waals surface area contributed by atoms with E-state index >= 15 is 0 Å². The predicted octanol–water partition coefficient (Wildman–Crippen LogP) is 2.08. The third-order valence-corrected chi connectivity index (χ3v) is 3.59. The van der Waals surface area contributed by atoms with E-state index in [0.717, 1.165) is 25.7 Å². The number of carbonyl (C=O) groups excluding carboxylic acids is 2. The molecule has 4 nitrogen and oxygen atoms in total. The number of hydrogen-bond donors (Lipinski definition) is 1. The highest BCUT2D eigenvalue weighted by Crippen LogP contribution is 2.24. The molecule has 0 aromatic heterocycles. The van der Waals surface area contributed by atoms with E-state index in [1.54, 1.807) is 13.8 Å². The average Bonchev–Trinajstić information content (AvgIpc) is 2.26. The first-order chi connectivity index (χ1) is 8.35. The van der Waals surface area contributed by atoms with E-state index in [2.05, 4.69) is 12.2 Å². The van der Waals surface area contributed by atoms with Gasteiger partial charge in [0, 0.05) is 6.04 Å². The molecule has 1 heterocycles. The van der Waals surface area contributed by atoms with Gasteiger partial charge in [-0.15, -0.1) is 0 Å². The Morgan fingerprint density at radius 2 is 1.89 bits per heavy atom. The summed E-state index contributed by atoms with van der Waals surface area (Å²) in [6, 6.07) is -0.165. The molecule has 1 fully saturated rings. The molecule has 0 radical (unpaired) electrons. The number of carbonyl (C=O) groups is 2. The van der Waals surface area contributed by atoms with Gasteiger partial charge in [0.2, 0.25) is 11.8 Å². The largest absolute Gasteiger partial charge is 0.340 e. The van der Waals surface area contributed by atoms with Gasteiger partial charge in [-0.1, -0.05) is 26.7 Å². The smallest absolute Gasteiger partial charge is 0.248 e. The summed E-state index contributed by atoms with van der Waals surface area (Å²) in [4.78, 5) is 26.5. The summed E-state index contributed by atoms with van der Waals surface area (Å²) in [5, 5.41) is 2.84. The first-order valence-electron chi connectivity index (χ1n) is 6.99. The molecule has 2 unspecified atom stereocenters. The zero-order chi connectivity index (χ0) is 13.9. The molecule has 1 saturated heterocycles. The molecule has 1 aliphatic rings. The third-order valence-electron chi connectivity index (χ3n) is 3.59. The van der Waals surface area contributed by atoms with E-state index in [1.165, 1.54) is 0 Å². The minimum Gasteiger partial charge on any atom is -0.340 e. The maximum atomic E-state index is 12.5. The van der Waals surface area contributed by atoms with E-state index < -0.39 is 5.54 Å². The summed E-state index contributed by atoms with van der Waals surface area (Å²) in [7, 11) is 0. The Morgan fingerprint density at radius 1 is 1.28 bits per heavy atom. The van der Waals surface area contributed by atoms with Gasteiger partial charge < -0.3 is 10.2 Å². The average molecular weight is 254 g/mol. The maximum absolute atomic E-state index is 12.5. The summed E-state index contributed by atoms with van der Waals surface area (Å²) < 4.78 is 0. The summed E-state index contributed by atoms with van der Waals surface area (Å²) in [5.41, 5.74) is -0.774. The van der Waals surface area contributed by atoms with Crippen molar-refractivity contribution in [2.75, 3.05) is 0 Å². The molecule has 1 rings (SSSR count). The molecule has 1 N–H and O–H groups in total. The van der Waals surface area contributed by atoms with Crippen LogP contribution in [0.4, 0.5) is 0 Å². The van der Waals surface area contributed by atoms with Crippen molar-refractivity contribution in [2.24, 2.45) is 0 Å². The molecule has 18 heavy (non-hydrogen) atoms. The Hall–Kier alpha value is -1.06. The first kappa shape index (κ1) is 15.0. The van der Waals surface area contributed by atoms with Crippen LogP contribution in [0.2, 0.25) is 0 Å². The van der Waals surface area contributed by atoms with E-state index in [-0.39, 0.29) is 23.9 Å². The minimum atomic E-state index is -0.774.